The fourth-order valence-electron chi connectivity index (χ4n) is 3.07. The number of pyridine rings is 1. The van der Waals surface area contributed by atoms with Gasteiger partial charge in [-0.15, -0.1) is 0 Å². The third-order valence-electron chi connectivity index (χ3n) is 4.44. The average Bonchev–Trinajstić information content (AvgIpc) is 2.73. The van der Waals surface area contributed by atoms with Crippen molar-refractivity contribution in [3.8, 4) is 11.5 Å². The van der Waals surface area contributed by atoms with Gasteiger partial charge in [0.15, 0.2) is 11.2 Å². The SMILES string of the molecule is O=C(Cn1ccc(=O)c2cc(F)ccc21)Nc1cc(Cl)ccc1Oc1ccccc1. The van der Waals surface area contributed by atoms with Crippen LogP contribution >= 0.6 is 11.6 Å². The molecule has 0 saturated carbocycles. The van der Waals surface area contributed by atoms with Crippen molar-refractivity contribution in [2.45, 2.75) is 6.54 Å². The van der Waals surface area contributed by atoms with E-state index in [1.165, 1.54) is 24.4 Å². The van der Waals surface area contributed by atoms with Gasteiger partial charge in [0.1, 0.15) is 18.1 Å². The number of nitrogens with zero attached hydrogens (tertiary/aromatic N) is 1. The van der Waals surface area contributed by atoms with Gasteiger partial charge in [-0.05, 0) is 48.5 Å². The minimum Gasteiger partial charge on any atom is -0.455 e. The van der Waals surface area contributed by atoms with E-state index in [-0.39, 0.29) is 23.3 Å². The molecule has 1 heterocycles. The van der Waals surface area contributed by atoms with E-state index in [4.69, 9.17) is 16.3 Å². The zero-order valence-corrected chi connectivity index (χ0v) is 16.4. The van der Waals surface area contributed by atoms with Crippen LogP contribution in [0, 0.1) is 5.82 Å². The lowest BCUT2D eigenvalue weighted by Crippen LogP contribution is -2.20. The topological polar surface area (TPSA) is 60.3 Å². The predicted octanol–water partition coefficient (Wildman–Crippen LogP) is 5.23. The molecule has 0 fully saturated rings. The number of para-hydroxylation sites is 1. The number of carbonyl (C=O) groups is 1. The second kappa shape index (κ2) is 8.39. The first-order valence-corrected chi connectivity index (χ1v) is 9.48. The molecule has 0 spiro atoms. The van der Waals surface area contributed by atoms with Gasteiger partial charge < -0.3 is 14.6 Å². The van der Waals surface area contributed by atoms with E-state index < -0.39 is 5.82 Å². The molecule has 30 heavy (non-hydrogen) atoms. The highest BCUT2D eigenvalue weighted by molar-refractivity contribution is 6.31. The molecule has 0 aliphatic rings. The van der Waals surface area contributed by atoms with Gasteiger partial charge >= 0.3 is 0 Å². The Kier molecular flexibility index (Phi) is 5.50. The van der Waals surface area contributed by atoms with E-state index in [9.17, 15) is 14.0 Å². The van der Waals surface area contributed by atoms with Crippen LogP contribution in [0.25, 0.3) is 10.9 Å². The van der Waals surface area contributed by atoms with Crippen molar-refractivity contribution in [2.75, 3.05) is 5.32 Å². The van der Waals surface area contributed by atoms with Gasteiger partial charge in [-0.25, -0.2) is 4.39 Å². The molecule has 1 N–H and O–H groups in total. The maximum Gasteiger partial charge on any atom is 0.244 e. The summed E-state index contributed by atoms with van der Waals surface area (Å²) in [6, 6.07) is 19.3. The number of hydrogen-bond acceptors (Lipinski definition) is 3. The summed E-state index contributed by atoms with van der Waals surface area (Å²) in [6.45, 7) is -0.0836. The van der Waals surface area contributed by atoms with Crippen molar-refractivity contribution >= 4 is 34.1 Å². The Morgan fingerprint density at radius 1 is 1.03 bits per heavy atom. The highest BCUT2D eigenvalue weighted by atomic mass is 35.5. The van der Waals surface area contributed by atoms with E-state index in [2.05, 4.69) is 5.32 Å². The number of anilines is 1. The average molecular weight is 423 g/mol. The van der Waals surface area contributed by atoms with E-state index in [0.717, 1.165) is 6.07 Å². The Morgan fingerprint density at radius 3 is 2.63 bits per heavy atom. The first-order valence-electron chi connectivity index (χ1n) is 9.10. The molecule has 0 aliphatic carbocycles. The van der Waals surface area contributed by atoms with Crippen LogP contribution in [-0.2, 0) is 11.3 Å². The fraction of sp³-hybridized carbons (Fsp3) is 0.0435. The van der Waals surface area contributed by atoms with Crippen LogP contribution in [0.4, 0.5) is 10.1 Å². The molecule has 1 aromatic heterocycles. The molecule has 0 radical (unpaired) electrons. The summed E-state index contributed by atoms with van der Waals surface area (Å²) in [4.78, 5) is 24.7. The molecule has 4 aromatic rings. The van der Waals surface area contributed by atoms with Crippen molar-refractivity contribution < 1.29 is 13.9 Å². The molecule has 0 atom stereocenters. The first kappa shape index (κ1) is 19.7. The smallest absolute Gasteiger partial charge is 0.244 e. The minimum atomic E-state index is -0.511. The Balaban J connectivity index is 1.59. The molecule has 0 aliphatic heterocycles. The van der Waals surface area contributed by atoms with Gasteiger partial charge in [0.05, 0.1) is 11.2 Å². The number of benzene rings is 3. The van der Waals surface area contributed by atoms with Crippen molar-refractivity contribution in [1.29, 1.82) is 0 Å². The Labute approximate surface area is 176 Å². The van der Waals surface area contributed by atoms with Gasteiger partial charge in [-0.3, -0.25) is 9.59 Å². The molecule has 5 nitrogen and oxygen atoms in total. The maximum atomic E-state index is 13.5. The monoisotopic (exact) mass is 422 g/mol. The maximum absolute atomic E-state index is 13.5. The number of carbonyl (C=O) groups excluding carboxylic acids is 1. The van der Waals surface area contributed by atoms with Crippen LogP contribution in [0.15, 0.2) is 83.8 Å². The molecule has 7 heteroatoms. The summed E-state index contributed by atoms with van der Waals surface area (Å²) in [5.41, 5.74) is 0.563. The largest absolute Gasteiger partial charge is 0.455 e. The Bertz CT molecular complexity index is 1290. The third-order valence-corrected chi connectivity index (χ3v) is 4.68. The number of hydrogen-bond donors (Lipinski definition) is 1. The molecule has 0 bridgehead atoms. The lowest BCUT2D eigenvalue weighted by Gasteiger charge is -2.14. The number of ether oxygens (including phenoxy) is 1. The summed E-state index contributed by atoms with van der Waals surface area (Å²) < 4.78 is 20.9. The number of aromatic nitrogens is 1. The van der Waals surface area contributed by atoms with Crippen LogP contribution in [-0.4, -0.2) is 10.5 Å². The number of fused-ring (bicyclic) bond motifs is 1. The summed E-state index contributed by atoms with van der Waals surface area (Å²) in [5, 5.41) is 3.44. The summed E-state index contributed by atoms with van der Waals surface area (Å²) in [5.74, 6) is 0.183. The van der Waals surface area contributed by atoms with Crippen LogP contribution in [0.1, 0.15) is 0 Å². The van der Waals surface area contributed by atoms with Crippen molar-refractivity contribution in [1.82, 2.24) is 4.57 Å². The lowest BCUT2D eigenvalue weighted by atomic mass is 10.2. The van der Waals surface area contributed by atoms with Gasteiger partial charge in [-0.1, -0.05) is 29.8 Å². The van der Waals surface area contributed by atoms with Gasteiger partial charge in [-0.2, -0.15) is 0 Å². The van der Waals surface area contributed by atoms with Crippen LogP contribution in [0.2, 0.25) is 5.02 Å². The third kappa shape index (κ3) is 4.34. The number of amides is 1. The van der Waals surface area contributed by atoms with Crippen LogP contribution in [0.5, 0.6) is 11.5 Å². The zero-order chi connectivity index (χ0) is 21.1. The molecule has 3 aromatic carbocycles. The minimum absolute atomic E-state index is 0.0836. The zero-order valence-electron chi connectivity index (χ0n) is 15.6. The molecule has 4 rings (SSSR count). The second-order valence-electron chi connectivity index (χ2n) is 6.57. The predicted molar refractivity (Wildman–Crippen MR) is 115 cm³/mol. The number of halogens is 2. The van der Waals surface area contributed by atoms with Gasteiger partial charge in [0.25, 0.3) is 0 Å². The molecular formula is C23H16ClFN2O3. The number of rotatable bonds is 5. The molecule has 0 unspecified atom stereocenters. The van der Waals surface area contributed by atoms with Crippen LogP contribution < -0.4 is 15.5 Å². The van der Waals surface area contributed by atoms with E-state index in [0.29, 0.717) is 27.7 Å². The highest BCUT2D eigenvalue weighted by Crippen LogP contribution is 2.32. The van der Waals surface area contributed by atoms with E-state index in [1.807, 2.05) is 18.2 Å². The summed E-state index contributed by atoms with van der Waals surface area (Å²) in [7, 11) is 0. The van der Waals surface area contributed by atoms with Crippen molar-refractivity contribution in [3.05, 3.63) is 100 Å². The number of nitrogens with one attached hydrogen (secondary N) is 1. The molecule has 1 amide bonds. The normalized spacial score (nSPS) is 10.7. The molecule has 0 saturated heterocycles. The highest BCUT2D eigenvalue weighted by Gasteiger charge is 2.12. The van der Waals surface area contributed by atoms with E-state index in [1.54, 1.807) is 34.9 Å². The molecular weight excluding hydrogens is 407 g/mol. The quantitative estimate of drug-likeness (QED) is 0.479. The van der Waals surface area contributed by atoms with Gasteiger partial charge in [0, 0.05) is 22.7 Å². The fourth-order valence-corrected chi connectivity index (χ4v) is 3.24. The summed E-state index contributed by atoms with van der Waals surface area (Å²) in [6.07, 6.45) is 1.50. The Hall–Kier alpha value is -3.64. The Morgan fingerprint density at radius 2 is 1.83 bits per heavy atom. The van der Waals surface area contributed by atoms with Crippen LogP contribution in [0.3, 0.4) is 0 Å². The van der Waals surface area contributed by atoms with Crippen molar-refractivity contribution in [3.63, 3.8) is 0 Å². The second-order valence-corrected chi connectivity index (χ2v) is 7.01. The van der Waals surface area contributed by atoms with E-state index >= 15 is 0 Å². The van der Waals surface area contributed by atoms with Gasteiger partial charge in [0.2, 0.25) is 5.91 Å². The van der Waals surface area contributed by atoms with Crippen molar-refractivity contribution in [2.24, 2.45) is 0 Å². The molecule has 150 valence electrons. The standard InChI is InChI=1S/C23H16ClFN2O3/c24-15-6-9-22(30-17-4-2-1-3-5-17)19(12-15)26-23(29)14-27-11-10-21(28)18-13-16(25)7-8-20(18)27/h1-13H,14H2,(H,26,29). The lowest BCUT2D eigenvalue weighted by molar-refractivity contribution is -0.116. The first-order chi connectivity index (χ1) is 14.5. The summed E-state index contributed by atoms with van der Waals surface area (Å²) >= 11 is 6.09.